The smallest absolute Gasteiger partial charge is 0.277 e. The minimum absolute atomic E-state index is 0.0192. The summed E-state index contributed by atoms with van der Waals surface area (Å²) in [7, 11) is 1.60. The zero-order valence-corrected chi connectivity index (χ0v) is 12.3. The van der Waals surface area contributed by atoms with Crippen molar-refractivity contribution in [2.24, 2.45) is 5.10 Å². The van der Waals surface area contributed by atoms with Crippen LogP contribution in [0.25, 0.3) is 0 Å². The van der Waals surface area contributed by atoms with E-state index in [2.05, 4.69) is 10.5 Å². The molecule has 0 aliphatic heterocycles. The number of aromatic nitrogens is 1. The third-order valence-corrected chi connectivity index (χ3v) is 2.97. The minimum atomic E-state index is -0.308. The SMILES string of the molecule is COc1ccc(/C=N/NC(=O)c2ccc[n+](CCO)c2)cc1. The van der Waals surface area contributed by atoms with Gasteiger partial charge in [0.05, 0.1) is 13.3 Å². The number of benzene rings is 1. The Bertz CT molecular complexity index is 654. The fraction of sp³-hybridized carbons (Fsp3) is 0.188. The maximum absolute atomic E-state index is 12.0. The molecule has 2 N–H and O–H groups in total. The normalized spacial score (nSPS) is 10.6. The van der Waals surface area contributed by atoms with E-state index in [1.54, 1.807) is 42.4 Å². The molecule has 0 saturated carbocycles. The Labute approximate surface area is 128 Å². The number of nitrogens with zero attached hydrogens (tertiary/aromatic N) is 2. The van der Waals surface area contributed by atoms with Gasteiger partial charge in [-0.1, -0.05) is 0 Å². The van der Waals surface area contributed by atoms with Crippen molar-refractivity contribution in [2.45, 2.75) is 6.54 Å². The first-order chi connectivity index (χ1) is 10.7. The maximum atomic E-state index is 12.0. The Hall–Kier alpha value is -2.73. The number of rotatable bonds is 6. The summed E-state index contributed by atoms with van der Waals surface area (Å²) in [6, 6.07) is 10.7. The van der Waals surface area contributed by atoms with Crippen molar-refractivity contribution in [1.82, 2.24) is 5.43 Å². The number of hydrogen-bond acceptors (Lipinski definition) is 4. The van der Waals surface area contributed by atoms with E-state index in [1.165, 1.54) is 0 Å². The molecule has 0 fully saturated rings. The number of aliphatic hydroxyl groups is 1. The molecule has 1 aromatic heterocycles. The van der Waals surface area contributed by atoms with E-state index in [0.717, 1.165) is 11.3 Å². The predicted octanol–water partition coefficient (Wildman–Crippen LogP) is 0.739. The van der Waals surface area contributed by atoms with Gasteiger partial charge in [-0.2, -0.15) is 5.10 Å². The summed E-state index contributed by atoms with van der Waals surface area (Å²) in [5, 5.41) is 12.8. The summed E-state index contributed by atoms with van der Waals surface area (Å²) < 4.78 is 6.80. The van der Waals surface area contributed by atoms with Crippen LogP contribution < -0.4 is 14.7 Å². The highest BCUT2D eigenvalue weighted by molar-refractivity contribution is 5.94. The Morgan fingerprint density at radius 1 is 1.36 bits per heavy atom. The number of ether oxygens (including phenoxy) is 1. The third-order valence-electron chi connectivity index (χ3n) is 2.97. The van der Waals surface area contributed by atoms with E-state index in [-0.39, 0.29) is 12.5 Å². The van der Waals surface area contributed by atoms with Crippen LogP contribution in [0.2, 0.25) is 0 Å². The molecule has 1 amide bonds. The quantitative estimate of drug-likeness (QED) is 0.469. The molecule has 0 unspecified atom stereocenters. The summed E-state index contributed by atoms with van der Waals surface area (Å²) in [5.74, 6) is 0.455. The molecule has 0 aliphatic rings. The van der Waals surface area contributed by atoms with Crippen molar-refractivity contribution in [3.05, 3.63) is 59.9 Å². The number of pyridine rings is 1. The fourth-order valence-corrected chi connectivity index (χ4v) is 1.83. The number of aliphatic hydroxyl groups excluding tert-OH is 1. The molecule has 22 heavy (non-hydrogen) atoms. The second-order valence-electron chi connectivity index (χ2n) is 4.53. The summed E-state index contributed by atoms with van der Waals surface area (Å²) in [5.41, 5.74) is 3.80. The highest BCUT2D eigenvalue weighted by atomic mass is 16.5. The molecule has 1 aromatic carbocycles. The van der Waals surface area contributed by atoms with Crippen LogP contribution in [0.15, 0.2) is 53.9 Å². The minimum Gasteiger partial charge on any atom is -0.497 e. The molecule has 0 bridgehead atoms. The molecule has 0 aliphatic carbocycles. The third kappa shape index (κ3) is 4.39. The van der Waals surface area contributed by atoms with Crippen LogP contribution in [-0.2, 0) is 6.54 Å². The van der Waals surface area contributed by atoms with Gasteiger partial charge < -0.3 is 9.84 Å². The van der Waals surface area contributed by atoms with Gasteiger partial charge in [0.15, 0.2) is 18.9 Å². The lowest BCUT2D eigenvalue weighted by Crippen LogP contribution is -2.36. The molecule has 1 heterocycles. The second kappa shape index (κ2) is 7.90. The van der Waals surface area contributed by atoms with Crippen molar-refractivity contribution in [2.75, 3.05) is 13.7 Å². The van der Waals surface area contributed by atoms with Crippen LogP contribution in [0.1, 0.15) is 15.9 Å². The number of hydrazone groups is 1. The summed E-state index contributed by atoms with van der Waals surface area (Å²) in [4.78, 5) is 12.0. The van der Waals surface area contributed by atoms with Gasteiger partial charge in [-0.3, -0.25) is 4.79 Å². The number of methoxy groups -OCH3 is 1. The summed E-state index contributed by atoms with van der Waals surface area (Å²) in [6.45, 7) is 0.460. The van der Waals surface area contributed by atoms with Crippen molar-refractivity contribution in [3.8, 4) is 5.75 Å². The van der Waals surface area contributed by atoms with Crippen molar-refractivity contribution in [1.29, 1.82) is 0 Å². The lowest BCUT2D eigenvalue weighted by Gasteiger charge is -2.00. The Balaban J connectivity index is 1.96. The predicted molar refractivity (Wildman–Crippen MR) is 81.8 cm³/mol. The first-order valence-corrected chi connectivity index (χ1v) is 6.80. The van der Waals surface area contributed by atoms with Crippen molar-refractivity contribution in [3.63, 3.8) is 0 Å². The van der Waals surface area contributed by atoms with E-state index < -0.39 is 0 Å². The first kappa shape index (κ1) is 15.7. The first-order valence-electron chi connectivity index (χ1n) is 6.80. The number of carbonyl (C=O) groups excluding carboxylic acids is 1. The van der Waals surface area contributed by atoms with Crippen molar-refractivity contribution < 1.29 is 19.2 Å². The number of nitrogens with one attached hydrogen (secondary N) is 1. The van der Waals surface area contributed by atoms with E-state index >= 15 is 0 Å². The zero-order valence-electron chi connectivity index (χ0n) is 12.3. The average Bonchev–Trinajstić information content (AvgIpc) is 2.56. The second-order valence-corrected chi connectivity index (χ2v) is 4.53. The molecule has 0 saturated heterocycles. The molecular weight excluding hydrogens is 282 g/mol. The molecule has 2 aromatic rings. The lowest BCUT2D eigenvalue weighted by atomic mass is 10.2. The maximum Gasteiger partial charge on any atom is 0.277 e. The molecule has 0 radical (unpaired) electrons. The van der Waals surface area contributed by atoms with Gasteiger partial charge in [0.25, 0.3) is 5.91 Å². The van der Waals surface area contributed by atoms with Gasteiger partial charge in [0, 0.05) is 6.07 Å². The molecular formula is C16H18N3O3+. The molecule has 2 rings (SSSR count). The highest BCUT2D eigenvalue weighted by Gasteiger charge is 2.09. The van der Waals surface area contributed by atoms with Crippen LogP contribution in [0.5, 0.6) is 5.75 Å². The Morgan fingerprint density at radius 3 is 2.82 bits per heavy atom. The average molecular weight is 300 g/mol. The number of amides is 1. The number of carbonyl (C=O) groups is 1. The van der Waals surface area contributed by atoms with Gasteiger partial charge in [-0.25, -0.2) is 9.99 Å². The molecule has 114 valence electrons. The van der Waals surface area contributed by atoms with E-state index in [4.69, 9.17) is 9.84 Å². The molecule has 6 nitrogen and oxygen atoms in total. The Morgan fingerprint density at radius 2 is 2.14 bits per heavy atom. The van der Waals surface area contributed by atoms with Gasteiger partial charge in [0.1, 0.15) is 17.9 Å². The molecule has 6 heteroatoms. The van der Waals surface area contributed by atoms with Gasteiger partial charge in [-0.05, 0) is 35.9 Å². The van der Waals surface area contributed by atoms with Gasteiger partial charge >= 0.3 is 0 Å². The highest BCUT2D eigenvalue weighted by Crippen LogP contribution is 2.09. The lowest BCUT2D eigenvalue weighted by molar-refractivity contribution is -0.698. The fourth-order valence-electron chi connectivity index (χ4n) is 1.83. The van der Waals surface area contributed by atoms with Crippen LogP contribution in [0.4, 0.5) is 0 Å². The van der Waals surface area contributed by atoms with Crippen LogP contribution >= 0.6 is 0 Å². The van der Waals surface area contributed by atoms with Crippen LogP contribution in [0.3, 0.4) is 0 Å². The summed E-state index contributed by atoms with van der Waals surface area (Å²) in [6.07, 6.45) is 5.00. The van der Waals surface area contributed by atoms with E-state index in [9.17, 15) is 4.79 Å². The standard InChI is InChI=1S/C16H17N3O3/c1-22-15-6-4-13(5-7-15)11-17-18-16(21)14-3-2-8-19(12-14)9-10-20/h2-8,11-12,20H,9-10H2,1H3/p+1/b17-11+. The Kier molecular flexibility index (Phi) is 5.62. The van der Waals surface area contributed by atoms with Crippen molar-refractivity contribution >= 4 is 12.1 Å². The van der Waals surface area contributed by atoms with Crippen LogP contribution in [-0.4, -0.2) is 30.9 Å². The van der Waals surface area contributed by atoms with Crippen LogP contribution in [0, 0.1) is 0 Å². The topological polar surface area (TPSA) is 74.8 Å². The summed E-state index contributed by atoms with van der Waals surface area (Å²) >= 11 is 0. The van der Waals surface area contributed by atoms with Gasteiger partial charge in [-0.15, -0.1) is 0 Å². The number of hydrogen-bond donors (Lipinski definition) is 2. The van der Waals surface area contributed by atoms with Gasteiger partial charge in [0.2, 0.25) is 0 Å². The largest absolute Gasteiger partial charge is 0.497 e. The molecule has 0 atom stereocenters. The van der Waals surface area contributed by atoms with E-state index in [1.807, 2.05) is 24.3 Å². The molecule has 0 spiro atoms. The van der Waals surface area contributed by atoms with E-state index in [0.29, 0.717) is 12.1 Å². The monoisotopic (exact) mass is 300 g/mol. The zero-order chi connectivity index (χ0) is 15.8.